The number of rotatable bonds is 7. The highest BCUT2D eigenvalue weighted by Crippen LogP contribution is 2.24. The molecule has 2 amide bonds. The van der Waals surface area contributed by atoms with Crippen molar-refractivity contribution in [3.8, 4) is 0 Å². The van der Waals surface area contributed by atoms with Crippen molar-refractivity contribution < 1.29 is 24.0 Å². The number of carboxylic acid groups (broad SMARTS) is 1. The van der Waals surface area contributed by atoms with E-state index in [0.29, 0.717) is 37.3 Å². The topological polar surface area (TPSA) is 122 Å². The van der Waals surface area contributed by atoms with Crippen molar-refractivity contribution >= 4 is 35.4 Å². The molecular formula is C16H23N3O5S. The fourth-order valence-electron chi connectivity index (χ4n) is 2.68. The average molecular weight is 369 g/mol. The number of nitrogens with one attached hydrogen (secondary N) is 2. The highest BCUT2D eigenvalue weighted by molar-refractivity contribution is 8.01. The fraction of sp³-hybridized carbons (Fsp3) is 0.625. The molecule has 1 atom stereocenters. The first-order valence-electron chi connectivity index (χ1n) is 8.23. The number of thioether (sulfide) groups is 1. The van der Waals surface area contributed by atoms with Crippen LogP contribution in [0.2, 0.25) is 0 Å². The predicted molar refractivity (Wildman–Crippen MR) is 93.3 cm³/mol. The second-order valence-corrected chi connectivity index (χ2v) is 7.55. The molecule has 0 spiro atoms. The molecule has 138 valence electrons. The molecule has 0 aliphatic heterocycles. The van der Waals surface area contributed by atoms with Gasteiger partial charge in [-0.15, -0.1) is 11.8 Å². The number of anilines is 1. The van der Waals surface area contributed by atoms with Gasteiger partial charge in [0.25, 0.3) is 0 Å². The van der Waals surface area contributed by atoms with Crippen molar-refractivity contribution in [3.05, 3.63) is 11.8 Å². The Bertz CT molecular complexity index is 625. The quantitative estimate of drug-likeness (QED) is 0.670. The molecule has 0 aromatic carbocycles. The summed E-state index contributed by atoms with van der Waals surface area (Å²) >= 11 is 1.24. The molecule has 1 aliphatic rings. The standard InChI is InChI=1S/C16H23N3O5S/c1-9-7-13(19-24-9)18-15(21)10(2)25-8-14(20)17-12-5-3-11(4-6-12)16(22)23/h7,10-12H,3-6,8H2,1-2H3,(H,17,20)(H,22,23)(H,18,19,21). The number of amides is 2. The van der Waals surface area contributed by atoms with E-state index in [1.807, 2.05) is 0 Å². The summed E-state index contributed by atoms with van der Waals surface area (Å²) < 4.78 is 4.88. The highest BCUT2D eigenvalue weighted by atomic mass is 32.2. The Kier molecular flexibility index (Phi) is 6.86. The van der Waals surface area contributed by atoms with E-state index in [1.165, 1.54) is 11.8 Å². The van der Waals surface area contributed by atoms with Gasteiger partial charge in [-0.05, 0) is 39.5 Å². The summed E-state index contributed by atoms with van der Waals surface area (Å²) in [7, 11) is 0. The van der Waals surface area contributed by atoms with Crippen LogP contribution >= 0.6 is 11.8 Å². The van der Waals surface area contributed by atoms with Gasteiger partial charge in [-0.25, -0.2) is 0 Å². The van der Waals surface area contributed by atoms with Gasteiger partial charge in [0.15, 0.2) is 5.82 Å². The Hall–Kier alpha value is -2.03. The third-order valence-electron chi connectivity index (χ3n) is 4.15. The Morgan fingerprint density at radius 1 is 1.36 bits per heavy atom. The van der Waals surface area contributed by atoms with E-state index in [2.05, 4.69) is 15.8 Å². The SMILES string of the molecule is Cc1cc(NC(=O)C(C)SCC(=O)NC2CCC(C(=O)O)CC2)no1. The molecule has 2 rings (SSSR count). The molecule has 0 bridgehead atoms. The van der Waals surface area contributed by atoms with Crippen molar-refractivity contribution in [2.75, 3.05) is 11.1 Å². The van der Waals surface area contributed by atoms with Crippen LogP contribution in [0.1, 0.15) is 38.4 Å². The van der Waals surface area contributed by atoms with Gasteiger partial charge in [0.05, 0.1) is 16.9 Å². The lowest BCUT2D eigenvalue weighted by molar-refractivity contribution is -0.142. The number of carboxylic acids is 1. The minimum Gasteiger partial charge on any atom is -0.481 e. The van der Waals surface area contributed by atoms with Gasteiger partial charge >= 0.3 is 5.97 Å². The normalized spacial score (nSPS) is 21.4. The first-order valence-corrected chi connectivity index (χ1v) is 9.28. The summed E-state index contributed by atoms with van der Waals surface area (Å²) in [5, 5.41) is 17.8. The number of hydrogen-bond acceptors (Lipinski definition) is 6. The number of aliphatic carboxylic acids is 1. The number of nitrogens with zero attached hydrogens (tertiary/aromatic N) is 1. The Morgan fingerprint density at radius 2 is 2.04 bits per heavy atom. The fourth-order valence-corrected chi connectivity index (χ4v) is 3.38. The maximum atomic E-state index is 12.0. The summed E-state index contributed by atoms with van der Waals surface area (Å²) in [6.45, 7) is 3.45. The Morgan fingerprint density at radius 3 is 2.60 bits per heavy atom. The van der Waals surface area contributed by atoms with Gasteiger partial charge in [-0.3, -0.25) is 14.4 Å². The van der Waals surface area contributed by atoms with Crippen LogP contribution in [0.25, 0.3) is 0 Å². The molecule has 1 aliphatic carbocycles. The predicted octanol–water partition coefficient (Wildman–Crippen LogP) is 1.80. The first-order chi connectivity index (χ1) is 11.8. The number of aromatic nitrogens is 1. The van der Waals surface area contributed by atoms with Gasteiger partial charge in [-0.1, -0.05) is 5.16 Å². The summed E-state index contributed by atoms with van der Waals surface area (Å²) in [5.41, 5.74) is 0. The highest BCUT2D eigenvalue weighted by Gasteiger charge is 2.27. The van der Waals surface area contributed by atoms with E-state index in [1.54, 1.807) is 19.9 Å². The zero-order valence-corrected chi connectivity index (χ0v) is 15.1. The minimum atomic E-state index is -0.762. The zero-order valence-electron chi connectivity index (χ0n) is 14.3. The lowest BCUT2D eigenvalue weighted by atomic mass is 9.86. The molecule has 1 fully saturated rings. The molecule has 9 heteroatoms. The third kappa shape index (κ3) is 6.08. The largest absolute Gasteiger partial charge is 0.481 e. The maximum absolute atomic E-state index is 12.0. The van der Waals surface area contributed by atoms with E-state index in [4.69, 9.17) is 9.63 Å². The van der Waals surface area contributed by atoms with Gasteiger partial charge in [0, 0.05) is 12.1 Å². The third-order valence-corrected chi connectivity index (χ3v) is 5.30. The average Bonchev–Trinajstić information content (AvgIpc) is 2.98. The number of aryl methyl sites for hydroxylation is 1. The molecule has 1 aromatic heterocycles. The van der Waals surface area contributed by atoms with E-state index >= 15 is 0 Å². The first kappa shape index (κ1) is 19.3. The van der Waals surface area contributed by atoms with Crippen LogP contribution in [0.5, 0.6) is 0 Å². The van der Waals surface area contributed by atoms with Crippen LogP contribution in [-0.2, 0) is 14.4 Å². The van der Waals surface area contributed by atoms with Crippen LogP contribution < -0.4 is 10.6 Å². The second-order valence-electron chi connectivity index (χ2n) is 6.22. The monoisotopic (exact) mass is 369 g/mol. The lowest BCUT2D eigenvalue weighted by Crippen LogP contribution is -2.40. The van der Waals surface area contributed by atoms with Crippen molar-refractivity contribution in [2.45, 2.75) is 50.8 Å². The molecule has 1 aromatic rings. The van der Waals surface area contributed by atoms with E-state index in [-0.39, 0.29) is 29.5 Å². The van der Waals surface area contributed by atoms with Gasteiger partial charge in [-0.2, -0.15) is 0 Å². The Labute approximate surface area is 150 Å². The van der Waals surface area contributed by atoms with E-state index in [9.17, 15) is 14.4 Å². The van der Waals surface area contributed by atoms with Crippen LogP contribution in [0.15, 0.2) is 10.6 Å². The van der Waals surface area contributed by atoms with E-state index in [0.717, 1.165) is 0 Å². The summed E-state index contributed by atoms with van der Waals surface area (Å²) in [6.07, 6.45) is 2.52. The molecule has 0 radical (unpaired) electrons. The molecule has 1 heterocycles. The number of carbonyl (C=O) groups is 3. The van der Waals surface area contributed by atoms with Crippen molar-refractivity contribution in [3.63, 3.8) is 0 Å². The lowest BCUT2D eigenvalue weighted by Gasteiger charge is -2.26. The smallest absolute Gasteiger partial charge is 0.306 e. The molecule has 8 nitrogen and oxygen atoms in total. The van der Waals surface area contributed by atoms with E-state index < -0.39 is 11.2 Å². The summed E-state index contributed by atoms with van der Waals surface area (Å²) in [6, 6.07) is 1.64. The number of carbonyl (C=O) groups excluding carboxylic acids is 2. The maximum Gasteiger partial charge on any atom is 0.306 e. The Balaban J connectivity index is 1.67. The molecular weight excluding hydrogens is 346 g/mol. The molecule has 0 saturated heterocycles. The van der Waals surface area contributed by atoms with Crippen LogP contribution in [0.3, 0.4) is 0 Å². The van der Waals surface area contributed by atoms with Gasteiger partial charge < -0.3 is 20.3 Å². The molecule has 1 saturated carbocycles. The van der Waals surface area contributed by atoms with Crippen LogP contribution in [0, 0.1) is 12.8 Å². The number of hydrogen-bond donors (Lipinski definition) is 3. The van der Waals surface area contributed by atoms with Crippen molar-refractivity contribution in [1.29, 1.82) is 0 Å². The van der Waals surface area contributed by atoms with Crippen molar-refractivity contribution in [2.24, 2.45) is 5.92 Å². The van der Waals surface area contributed by atoms with Gasteiger partial charge in [0.2, 0.25) is 11.8 Å². The second kappa shape index (κ2) is 8.89. The molecule has 25 heavy (non-hydrogen) atoms. The summed E-state index contributed by atoms with van der Waals surface area (Å²) in [4.78, 5) is 34.9. The zero-order chi connectivity index (χ0) is 18.4. The summed E-state index contributed by atoms with van der Waals surface area (Å²) in [5.74, 6) is -0.310. The van der Waals surface area contributed by atoms with Crippen molar-refractivity contribution in [1.82, 2.24) is 10.5 Å². The molecule has 1 unspecified atom stereocenters. The van der Waals surface area contributed by atoms with Crippen LogP contribution in [-0.4, -0.2) is 45.1 Å². The van der Waals surface area contributed by atoms with Gasteiger partial charge in [0.1, 0.15) is 5.76 Å². The minimum absolute atomic E-state index is 0.0194. The van der Waals surface area contributed by atoms with Crippen LogP contribution in [0.4, 0.5) is 5.82 Å². The molecule has 3 N–H and O–H groups in total.